The van der Waals surface area contributed by atoms with Gasteiger partial charge in [0.15, 0.2) is 11.5 Å². The van der Waals surface area contributed by atoms with Gasteiger partial charge in [-0.25, -0.2) is 0 Å². The van der Waals surface area contributed by atoms with E-state index in [1.165, 1.54) is 0 Å². The molecule has 2 N–H and O–H groups in total. The van der Waals surface area contributed by atoms with E-state index in [2.05, 4.69) is 0 Å². The van der Waals surface area contributed by atoms with Crippen molar-refractivity contribution in [3.63, 3.8) is 0 Å². The van der Waals surface area contributed by atoms with Crippen LogP contribution in [0, 0.1) is 0 Å². The van der Waals surface area contributed by atoms with E-state index < -0.39 is 0 Å². The van der Waals surface area contributed by atoms with Gasteiger partial charge in [-0.05, 0) is 54.3 Å². The van der Waals surface area contributed by atoms with E-state index >= 15 is 0 Å². The quantitative estimate of drug-likeness (QED) is 0.905. The largest absolute Gasteiger partial charge is 0.508 e. The fourth-order valence-electron chi connectivity index (χ4n) is 2.36. The second-order valence-corrected chi connectivity index (χ2v) is 4.84. The molecule has 0 unspecified atom stereocenters. The average Bonchev–Trinajstić information content (AvgIpc) is 2.95. The number of phenols is 2. The minimum atomic E-state index is 0.0786. The molecule has 2 aromatic carbocycles. The lowest BCUT2D eigenvalue weighted by Crippen LogP contribution is -1.94. The Labute approximate surface area is 122 Å². The van der Waals surface area contributed by atoms with Crippen molar-refractivity contribution in [3.8, 4) is 28.7 Å². The zero-order chi connectivity index (χ0) is 14.8. The van der Waals surface area contributed by atoms with Crippen LogP contribution in [0.25, 0.3) is 0 Å². The molecule has 110 valence electrons. The number of aryl methyl sites for hydroxylation is 2. The highest BCUT2D eigenvalue weighted by molar-refractivity contribution is 5.54. The van der Waals surface area contributed by atoms with Crippen LogP contribution in [0.3, 0.4) is 0 Å². The summed E-state index contributed by atoms with van der Waals surface area (Å²) in [4.78, 5) is 0. The molecule has 21 heavy (non-hydrogen) atoms. The van der Waals surface area contributed by atoms with Gasteiger partial charge >= 0.3 is 0 Å². The lowest BCUT2D eigenvalue weighted by Gasteiger charge is -2.08. The van der Waals surface area contributed by atoms with Crippen molar-refractivity contribution in [1.29, 1.82) is 0 Å². The lowest BCUT2D eigenvalue weighted by atomic mass is 10.0. The third kappa shape index (κ3) is 2.67. The van der Waals surface area contributed by atoms with E-state index in [-0.39, 0.29) is 18.3 Å². The van der Waals surface area contributed by atoms with Crippen LogP contribution in [0.4, 0.5) is 0 Å². The number of benzene rings is 2. The maximum absolute atomic E-state index is 9.87. The summed E-state index contributed by atoms with van der Waals surface area (Å²) in [5.74, 6) is 1.97. The zero-order valence-electron chi connectivity index (χ0n) is 11.6. The summed E-state index contributed by atoms with van der Waals surface area (Å²) in [5.41, 5.74) is 1.71. The van der Waals surface area contributed by atoms with Gasteiger partial charge in [0.2, 0.25) is 12.5 Å². The Balaban J connectivity index is 1.78. The predicted molar refractivity (Wildman–Crippen MR) is 76.3 cm³/mol. The van der Waals surface area contributed by atoms with Crippen LogP contribution in [0.1, 0.15) is 11.1 Å². The number of rotatable bonds is 4. The normalized spacial score (nSPS) is 12.4. The smallest absolute Gasteiger partial charge is 0.231 e. The standard InChI is InChI=1S/C16H16O5/c1-19-12-4-5-13(17)11(8-12)3-2-10-6-14(18)16-15(7-10)20-9-21-16/h4-8,17-18H,2-3,9H2,1H3. The monoisotopic (exact) mass is 288 g/mol. The van der Waals surface area contributed by atoms with Crippen molar-refractivity contribution in [2.24, 2.45) is 0 Å². The average molecular weight is 288 g/mol. The molecule has 1 heterocycles. The molecule has 1 aliphatic heterocycles. The zero-order valence-corrected chi connectivity index (χ0v) is 11.6. The highest BCUT2D eigenvalue weighted by atomic mass is 16.7. The molecule has 3 rings (SSSR count). The number of hydrogen-bond acceptors (Lipinski definition) is 5. The molecule has 0 saturated carbocycles. The van der Waals surface area contributed by atoms with Crippen molar-refractivity contribution < 1.29 is 24.4 Å². The highest BCUT2D eigenvalue weighted by Gasteiger charge is 2.19. The van der Waals surface area contributed by atoms with Crippen molar-refractivity contribution in [2.75, 3.05) is 13.9 Å². The van der Waals surface area contributed by atoms with Gasteiger partial charge in [0.05, 0.1) is 7.11 Å². The Hall–Kier alpha value is -2.56. The van der Waals surface area contributed by atoms with Gasteiger partial charge in [0.1, 0.15) is 11.5 Å². The number of ether oxygens (including phenoxy) is 3. The molecule has 5 heteroatoms. The van der Waals surface area contributed by atoms with E-state index in [1.54, 1.807) is 25.3 Å². The summed E-state index contributed by atoms with van der Waals surface area (Å²) < 4.78 is 15.6. The fourth-order valence-corrected chi connectivity index (χ4v) is 2.36. The molecule has 0 radical (unpaired) electrons. The summed E-state index contributed by atoms with van der Waals surface area (Å²) in [5, 5.41) is 19.7. The van der Waals surface area contributed by atoms with Gasteiger partial charge in [-0.15, -0.1) is 0 Å². The summed E-state index contributed by atoms with van der Waals surface area (Å²) in [6.07, 6.45) is 1.28. The summed E-state index contributed by atoms with van der Waals surface area (Å²) in [6, 6.07) is 8.64. The molecule has 0 bridgehead atoms. The van der Waals surface area contributed by atoms with E-state index in [0.29, 0.717) is 30.1 Å². The van der Waals surface area contributed by atoms with Crippen LogP contribution in [0.2, 0.25) is 0 Å². The maximum Gasteiger partial charge on any atom is 0.231 e. The van der Waals surface area contributed by atoms with E-state index in [4.69, 9.17) is 14.2 Å². The van der Waals surface area contributed by atoms with Gasteiger partial charge in [-0.2, -0.15) is 0 Å². The molecule has 0 spiro atoms. The Morgan fingerprint density at radius 2 is 1.90 bits per heavy atom. The Morgan fingerprint density at radius 1 is 1.05 bits per heavy atom. The Kier molecular flexibility index (Phi) is 3.48. The van der Waals surface area contributed by atoms with E-state index in [0.717, 1.165) is 11.1 Å². The lowest BCUT2D eigenvalue weighted by molar-refractivity contribution is 0.171. The van der Waals surface area contributed by atoms with Crippen LogP contribution in [-0.4, -0.2) is 24.1 Å². The highest BCUT2D eigenvalue weighted by Crippen LogP contribution is 2.41. The molecule has 0 aromatic heterocycles. The van der Waals surface area contributed by atoms with Crippen LogP contribution >= 0.6 is 0 Å². The van der Waals surface area contributed by atoms with Crippen molar-refractivity contribution in [2.45, 2.75) is 12.8 Å². The molecular weight excluding hydrogens is 272 g/mol. The van der Waals surface area contributed by atoms with Crippen molar-refractivity contribution >= 4 is 0 Å². The van der Waals surface area contributed by atoms with Crippen LogP contribution in [0.15, 0.2) is 30.3 Å². The number of fused-ring (bicyclic) bond motifs is 1. The molecule has 0 aliphatic carbocycles. The Bertz CT molecular complexity index is 666. The van der Waals surface area contributed by atoms with E-state index in [1.807, 2.05) is 12.1 Å². The minimum Gasteiger partial charge on any atom is -0.508 e. The molecule has 0 amide bonds. The molecule has 0 fully saturated rings. The van der Waals surface area contributed by atoms with Crippen LogP contribution < -0.4 is 14.2 Å². The first kappa shape index (κ1) is 13.4. The first-order valence-electron chi connectivity index (χ1n) is 6.65. The molecule has 1 aliphatic rings. The number of hydrogen-bond donors (Lipinski definition) is 2. The molecule has 0 atom stereocenters. The first-order valence-corrected chi connectivity index (χ1v) is 6.65. The van der Waals surface area contributed by atoms with Crippen molar-refractivity contribution in [1.82, 2.24) is 0 Å². The third-order valence-corrected chi connectivity index (χ3v) is 3.48. The van der Waals surface area contributed by atoms with Crippen LogP contribution in [0.5, 0.6) is 28.7 Å². The fraction of sp³-hybridized carbons (Fsp3) is 0.250. The summed E-state index contributed by atoms with van der Waals surface area (Å²) in [7, 11) is 1.59. The maximum atomic E-state index is 9.87. The topological polar surface area (TPSA) is 68.2 Å². The van der Waals surface area contributed by atoms with E-state index in [9.17, 15) is 10.2 Å². The van der Waals surface area contributed by atoms with Crippen molar-refractivity contribution in [3.05, 3.63) is 41.5 Å². The molecule has 2 aromatic rings. The van der Waals surface area contributed by atoms with Gasteiger partial charge in [-0.3, -0.25) is 0 Å². The second-order valence-electron chi connectivity index (χ2n) is 4.84. The second kappa shape index (κ2) is 5.44. The summed E-state index contributed by atoms with van der Waals surface area (Å²) in [6.45, 7) is 0.128. The van der Waals surface area contributed by atoms with Gasteiger partial charge in [0.25, 0.3) is 0 Å². The Morgan fingerprint density at radius 3 is 2.71 bits per heavy atom. The minimum absolute atomic E-state index is 0.0786. The first-order chi connectivity index (χ1) is 10.2. The van der Waals surface area contributed by atoms with Crippen LogP contribution in [-0.2, 0) is 12.8 Å². The predicted octanol–water partition coefficient (Wildman–Crippen LogP) is 2.62. The summed E-state index contributed by atoms with van der Waals surface area (Å²) >= 11 is 0. The molecular formula is C16H16O5. The SMILES string of the molecule is COc1ccc(O)c(CCc2cc(O)c3c(c2)OCO3)c1. The van der Waals surface area contributed by atoms with Gasteiger partial charge in [-0.1, -0.05) is 0 Å². The van der Waals surface area contributed by atoms with Gasteiger partial charge < -0.3 is 24.4 Å². The third-order valence-electron chi connectivity index (χ3n) is 3.48. The number of aromatic hydroxyl groups is 2. The van der Waals surface area contributed by atoms with Gasteiger partial charge in [0, 0.05) is 0 Å². The molecule has 0 saturated heterocycles. The molecule has 5 nitrogen and oxygen atoms in total. The number of methoxy groups -OCH3 is 1. The number of phenolic OH excluding ortho intramolecular Hbond substituents is 2.